The van der Waals surface area contributed by atoms with Crippen LogP contribution in [0.5, 0.6) is 0 Å². The minimum atomic E-state index is -5.08. The Morgan fingerprint density at radius 2 is 1.60 bits per heavy atom. The van der Waals surface area contributed by atoms with Crippen LogP contribution in [-0.4, -0.2) is 52.7 Å². The van der Waals surface area contributed by atoms with Gasteiger partial charge in [0.05, 0.1) is 6.04 Å². The molecule has 0 heterocycles. The average Bonchev–Trinajstić information content (AvgIpc) is 2.33. The second kappa shape index (κ2) is 9.72. The molecule has 0 saturated carbocycles. The fourth-order valence-corrected chi connectivity index (χ4v) is 1.01. The van der Waals surface area contributed by atoms with Gasteiger partial charge in [-0.25, -0.2) is 4.79 Å². The molecule has 0 aromatic carbocycles. The molecule has 0 aliphatic carbocycles. The van der Waals surface area contributed by atoms with E-state index in [0.717, 1.165) is 0 Å². The summed E-state index contributed by atoms with van der Waals surface area (Å²) in [5.74, 6) is -3.47. The lowest BCUT2D eigenvalue weighted by Gasteiger charge is -2.15. The number of thiol groups is 2. The maximum absolute atomic E-state index is 11.1. The summed E-state index contributed by atoms with van der Waals surface area (Å²) in [5.41, 5.74) is 10.3. The lowest BCUT2D eigenvalue weighted by molar-refractivity contribution is -0.192. The van der Waals surface area contributed by atoms with E-state index in [0.29, 0.717) is 0 Å². The second-order valence-corrected chi connectivity index (χ2v) is 3.97. The number of rotatable bonds is 5. The zero-order valence-corrected chi connectivity index (χ0v) is 11.7. The van der Waals surface area contributed by atoms with Crippen molar-refractivity contribution in [3.8, 4) is 0 Å². The Morgan fingerprint density at radius 1 is 1.20 bits per heavy atom. The number of hydrogen-bond donors (Lipinski definition) is 6. The van der Waals surface area contributed by atoms with Gasteiger partial charge in [-0.15, -0.1) is 0 Å². The van der Waals surface area contributed by atoms with Gasteiger partial charge < -0.3 is 21.9 Å². The fraction of sp³-hybridized carbons (Fsp3) is 0.625. The van der Waals surface area contributed by atoms with Crippen LogP contribution in [0.25, 0.3) is 0 Å². The first-order valence-corrected chi connectivity index (χ1v) is 6.10. The summed E-state index contributed by atoms with van der Waals surface area (Å²) >= 11 is 7.69. The van der Waals surface area contributed by atoms with E-state index in [9.17, 15) is 22.8 Å². The SMILES string of the molecule is NC(=O)[C@H](CS)NC(=O)[C@H](N)CS.O=C(O)C(F)(F)F. The first kappa shape index (κ1) is 21.2. The fourth-order valence-electron chi connectivity index (χ4n) is 0.568. The number of carboxylic acids is 1. The van der Waals surface area contributed by atoms with Gasteiger partial charge in [-0.3, -0.25) is 9.59 Å². The lowest BCUT2D eigenvalue weighted by atomic mass is 10.2. The van der Waals surface area contributed by atoms with Gasteiger partial charge in [0, 0.05) is 11.5 Å². The highest BCUT2D eigenvalue weighted by molar-refractivity contribution is 7.80. The van der Waals surface area contributed by atoms with Crippen molar-refractivity contribution in [3.63, 3.8) is 0 Å². The summed E-state index contributed by atoms with van der Waals surface area (Å²) < 4.78 is 31.7. The Kier molecular flexibility index (Phi) is 10.3. The van der Waals surface area contributed by atoms with Crippen molar-refractivity contribution in [3.05, 3.63) is 0 Å². The van der Waals surface area contributed by atoms with Gasteiger partial charge in [0.1, 0.15) is 6.04 Å². The van der Waals surface area contributed by atoms with Crippen LogP contribution in [0, 0.1) is 0 Å². The highest BCUT2D eigenvalue weighted by Crippen LogP contribution is 2.13. The number of amides is 2. The largest absolute Gasteiger partial charge is 0.490 e. The van der Waals surface area contributed by atoms with Gasteiger partial charge >= 0.3 is 12.1 Å². The van der Waals surface area contributed by atoms with Crippen molar-refractivity contribution in [2.24, 2.45) is 11.5 Å². The third-order valence-corrected chi connectivity index (χ3v) is 2.38. The zero-order chi connectivity index (χ0) is 16.5. The van der Waals surface area contributed by atoms with Crippen molar-refractivity contribution in [1.29, 1.82) is 0 Å². The number of nitrogens with two attached hydrogens (primary N) is 2. The number of primary amides is 1. The van der Waals surface area contributed by atoms with Crippen molar-refractivity contribution >= 4 is 43.0 Å². The molecule has 2 amide bonds. The number of halogens is 3. The summed E-state index contributed by atoms with van der Waals surface area (Å²) in [6, 6.07) is -1.51. The molecule has 0 aromatic rings. The number of aliphatic carboxylic acids is 1. The molecule has 6 N–H and O–H groups in total. The van der Waals surface area contributed by atoms with E-state index < -0.39 is 36.0 Å². The molecular formula is C8H14F3N3O4S2. The minimum absolute atomic E-state index is 0.153. The number of carboxylic acid groups (broad SMARTS) is 1. The molecule has 0 spiro atoms. The third-order valence-electron chi connectivity index (χ3n) is 1.62. The molecular weight excluding hydrogens is 323 g/mol. The molecule has 0 unspecified atom stereocenters. The van der Waals surface area contributed by atoms with Crippen LogP contribution < -0.4 is 16.8 Å². The Labute approximate surface area is 123 Å². The van der Waals surface area contributed by atoms with Gasteiger partial charge in [0.25, 0.3) is 0 Å². The molecule has 0 aliphatic rings. The molecule has 0 bridgehead atoms. The molecule has 0 aliphatic heterocycles. The van der Waals surface area contributed by atoms with E-state index in [1.165, 1.54) is 0 Å². The third kappa shape index (κ3) is 9.75. The highest BCUT2D eigenvalue weighted by Gasteiger charge is 2.38. The maximum Gasteiger partial charge on any atom is 0.490 e. The van der Waals surface area contributed by atoms with E-state index in [4.69, 9.17) is 21.4 Å². The van der Waals surface area contributed by atoms with Crippen molar-refractivity contribution in [2.75, 3.05) is 11.5 Å². The molecule has 118 valence electrons. The van der Waals surface area contributed by atoms with E-state index in [-0.39, 0.29) is 11.5 Å². The monoisotopic (exact) mass is 337 g/mol. The molecule has 0 fully saturated rings. The van der Waals surface area contributed by atoms with E-state index in [1.807, 2.05) is 0 Å². The predicted molar refractivity (Wildman–Crippen MR) is 70.5 cm³/mol. The molecule has 0 aromatic heterocycles. The van der Waals surface area contributed by atoms with E-state index in [2.05, 4.69) is 30.6 Å². The zero-order valence-electron chi connectivity index (χ0n) is 9.92. The summed E-state index contributed by atoms with van der Waals surface area (Å²) in [6.07, 6.45) is -5.08. The molecule has 0 saturated heterocycles. The van der Waals surface area contributed by atoms with Crippen LogP contribution in [0.15, 0.2) is 0 Å². The first-order valence-electron chi connectivity index (χ1n) is 4.84. The van der Waals surface area contributed by atoms with Crippen LogP contribution in [0.2, 0.25) is 0 Å². The van der Waals surface area contributed by atoms with Crippen LogP contribution in [0.1, 0.15) is 0 Å². The lowest BCUT2D eigenvalue weighted by Crippen LogP contribution is -2.51. The standard InChI is InChI=1S/C6H13N3O2S2.C2HF3O2/c7-3(1-12)6(11)9-4(2-13)5(8)10;3-2(4,5)1(6)7/h3-4,12-13H,1-2,7H2,(H2,8,10)(H,9,11);(H,6,7)/t3-,4+;/m1./s1. The van der Waals surface area contributed by atoms with Gasteiger partial charge in [-0.2, -0.15) is 38.4 Å². The molecule has 7 nitrogen and oxygen atoms in total. The minimum Gasteiger partial charge on any atom is -0.475 e. The quantitative estimate of drug-likeness (QED) is 0.349. The van der Waals surface area contributed by atoms with Crippen LogP contribution in [0.3, 0.4) is 0 Å². The molecule has 12 heteroatoms. The van der Waals surface area contributed by atoms with E-state index in [1.54, 1.807) is 0 Å². The highest BCUT2D eigenvalue weighted by atomic mass is 32.1. The smallest absolute Gasteiger partial charge is 0.475 e. The Morgan fingerprint density at radius 3 is 1.80 bits per heavy atom. The molecule has 0 rings (SSSR count). The van der Waals surface area contributed by atoms with Gasteiger partial charge in [0.2, 0.25) is 11.8 Å². The van der Waals surface area contributed by atoms with Gasteiger partial charge in [-0.1, -0.05) is 0 Å². The number of alkyl halides is 3. The molecule has 0 radical (unpaired) electrons. The van der Waals surface area contributed by atoms with Crippen LogP contribution in [0.4, 0.5) is 13.2 Å². The average molecular weight is 337 g/mol. The van der Waals surface area contributed by atoms with Gasteiger partial charge in [-0.05, 0) is 0 Å². The van der Waals surface area contributed by atoms with Crippen LogP contribution >= 0.6 is 25.3 Å². The maximum atomic E-state index is 11.1. The summed E-state index contributed by atoms with van der Waals surface area (Å²) in [4.78, 5) is 30.7. The van der Waals surface area contributed by atoms with E-state index >= 15 is 0 Å². The number of carbonyl (C=O) groups is 3. The summed E-state index contributed by atoms with van der Waals surface area (Å²) in [7, 11) is 0. The second-order valence-electron chi connectivity index (χ2n) is 3.24. The van der Waals surface area contributed by atoms with Crippen molar-refractivity contribution in [2.45, 2.75) is 18.3 Å². The molecule has 2 atom stereocenters. The molecule has 20 heavy (non-hydrogen) atoms. The summed E-state index contributed by atoms with van der Waals surface area (Å²) in [6.45, 7) is 0. The first-order chi connectivity index (χ1) is 8.97. The number of nitrogens with one attached hydrogen (secondary N) is 1. The van der Waals surface area contributed by atoms with Crippen molar-refractivity contribution in [1.82, 2.24) is 5.32 Å². The number of carbonyl (C=O) groups excluding carboxylic acids is 2. The van der Waals surface area contributed by atoms with Gasteiger partial charge in [0.15, 0.2) is 0 Å². The Hall–Kier alpha value is -1.14. The summed E-state index contributed by atoms with van der Waals surface area (Å²) in [5, 5.41) is 9.48. The van der Waals surface area contributed by atoms with Crippen molar-refractivity contribution < 1.29 is 32.7 Å². The normalized spacial score (nSPS) is 13.5. The Balaban J connectivity index is 0. The predicted octanol–water partition coefficient (Wildman–Crippen LogP) is -1.22. The Bertz CT molecular complexity index is 354. The van der Waals surface area contributed by atoms with Crippen LogP contribution in [-0.2, 0) is 14.4 Å². The topological polar surface area (TPSA) is 136 Å². The number of hydrogen-bond acceptors (Lipinski definition) is 6.